The largest absolute Gasteiger partial charge is 0.462 e. The molecule has 0 radical (unpaired) electrons. The van der Waals surface area contributed by atoms with E-state index >= 15 is 0 Å². The molecule has 1 N–H and O–H groups in total. The van der Waals surface area contributed by atoms with Gasteiger partial charge >= 0.3 is 5.97 Å². The summed E-state index contributed by atoms with van der Waals surface area (Å²) >= 11 is 0. The average Bonchev–Trinajstić information content (AvgIpc) is 2.52. The highest BCUT2D eigenvalue weighted by Crippen LogP contribution is 2.19. The van der Waals surface area contributed by atoms with Crippen molar-refractivity contribution in [3.8, 4) is 0 Å². The van der Waals surface area contributed by atoms with Crippen LogP contribution < -0.4 is 9.62 Å². The predicted molar refractivity (Wildman–Crippen MR) is 97.1 cm³/mol. The fraction of sp³-hybridized carbons (Fsp3) is 0.529. The second-order valence-corrected chi connectivity index (χ2v) is 7.96. The molecule has 0 saturated carbocycles. The standard InChI is InChI=1S/C17H26N2O5S/c1-5-24-17(21)14-6-8-15(9-7-14)19(25(4,22)23)11-10-16(20)18-12-13(2)3/h6-9,13H,5,10-12H2,1-4H3,(H,18,20). The van der Waals surface area contributed by atoms with Gasteiger partial charge in [0.2, 0.25) is 15.9 Å². The Morgan fingerprint density at radius 2 is 1.80 bits per heavy atom. The van der Waals surface area contributed by atoms with E-state index < -0.39 is 16.0 Å². The van der Waals surface area contributed by atoms with Crippen LogP contribution in [0.2, 0.25) is 0 Å². The fourth-order valence-corrected chi connectivity index (χ4v) is 3.00. The molecule has 0 heterocycles. The van der Waals surface area contributed by atoms with Crippen molar-refractivity contribution in [1.29, 1.82) is 0 Å². The molecule has 0 unspecified atom stereocenters. The van der Waals surface area contributed by atoms with Gasteiger partial charge in [-0.2, -0.15) is 0 Å². The summed E-state index contributed by atoms with van der Waals surface area (Å²) < 4.78 is 30.1. The van der Waals surface area contributed by atoms with E-state index in [0.29, 0.717) is 23.7 Å². The number of nitrogens with zero attached hydrogens (tertiary/aromatic N) is 1. The van der Waals surface area contributed by atoms with Crippen molar-refractivity contribution < 1.29 is 22.7 Å². The number of sulfonamides is 1. The van der Waals surface area contributed by atoms with Crippen molar-refractivity contribution in [1.82, 2.24) is 5.32 Å². The number of carbonyl (C=O) groups excluding carboxylic acids is 2. The topological polar surface area (TPSA) is 92.8 Å². The number of carbonyl (C=O) groups is 2. The van der Waals surface area contributed by atoms with E-state index in [2.05, 4.69) is 5.32 Å². The minimum Gasteiger partial charge on any atom is -0.462 e. The molecule has 8 heteroatoms. The first-order valence-electron chi connectivity index (χ1n) is 8.16. The Bertz CT molecular complexity index is 683. The normalized spacial score (nSPS) is 11.2. The maximum atomic E-state index is 12.0. The third-order valence-electron chi connectivity index (χ3n) is 3.32. The van der Waals surface area contributed by atoms with Gasteiger partial charge in [0, 0.05) is 19.5 Å². The molecule has 0 aromatic heterocycles. The molecule has 0 saturated heterocycles. The fourth-order valence-electron chi connectivity index (χ4n) is 2.07. The molecule has 0 aliphatic rings. The van der Waals surface area contributed by atoms with Crippen LogP contribution in [0.1, 0.15) is 37.6 Å². The van der Waals surface area contributed by atoms with Crippen LogP contribution in [0.25, 0.3) is 0 Å². The molecular formula is C17H26N2O5S. The molecular weight excluding hydrogens is 344 g/mol. The average molecular weight is 370 g/mol. The third-order valence-corrected chi connectivity index (χ3v) is 4.51. The first kappa shape index (κ1) is 21.0. The van der Waals surface area contributed by atoms with E-state index in [4.69, 9.17) is 4.74 Å². The smallest absolute Gasteiger partial charge is 0.338 e. The highest BCUT2D eigenvalue weighted by Gasteiger charge is 2.19. The highest BCUT2D eigenvalue weighted by atomic mass is 32.2. The number of hydrogen-bond donors (Lipinski definition) is 1. The Morgan fingerprint density at radius 1 is 1.20 bits per heavy atom. The van der Waals surface area contributed by atoms with Crippen molar-refractivity contribution >= 4 is 27.6 Å². The Hall–Kier alpha value is -2.09. The van der Waals surface area contributed by atoms with Gasteiger partial charge in [0.25, 0.3) is 0 Å². The lowest BCUT2D eigenvalue weighted by Gasteiger charge is -2.22. The molecule has 0 atom stereocenters. The first-order chi connectivity index (χ1) is 11.6. The Morgan fingerprint density at radius 3 is 2.28 bits per heavy atom. The van der Waals surface area contributed by atoms with Crippen LogP contribution in [0.15, 0.2) is 24.3 Å². The molecule has 0 fully saturated rings. The van der Waals surface area contributed by atoms with E-state index in [0.717, 1.165) is 10.6 Å². The molecule has 1 rings (SSSR count). The van der Waals surface area contributed by atoms with E-state index in [1.807, 2.05) is 13.8 Å². The van der Waals surface area contributed by atoms with Crippen LogP contribution in [-0.4, -0.2) is 46.2 Å². The van der Waals surface area contributed by atoms with E-state index in [9.17, 15) is 18.0 Å². The number of benzene rings is 1. The Balaban J connectivity index is 2.83. The number of rotatable bonds is 9. The van der Waals surface area contributed by atoms with Crippen LogP contribution in [0, 0.1) is 5.92 Å². The zero-order valence-electron chi connectivity index (χ0n) is 15.1. The van der Waals surface area contributed by atoms with Crippen LogP contribution in [0.4, 0.5) is 5.69 Å². The highest BCUT2D eigenvalue weighted by molar-refractivity contribution is 7.92. The summed E-state index contributed by atoms with van der Waals surface area (Å²) in [7, 11) is -3.55. The summed E-state index contributed by atoms with van der Waals surface area (Å²) in [4.78, 5) is 23.5. The Labute approximate surface area is 149 Å². The molecule has 0 aliphatic carbocycles. The van der Waals surface area contributed by atoms with Crippen molar-refractivity contribution in [2.24, 2.45) is 5.92 Å². The number of ether oxygens (including phenoxy) is 1. The maximum Gasteiger partial charge on any atom is 0.338 e. The van der Waals surface area contributed by atoms with Gasteiger partial charge in [0.1, 0.15) is 0 Å². The van der Waals surface area contributed by atoms with E-state index in [1.54, 1.807) is 6.92 Å². The van der Waals surface area contributed by atoms with Gasteiger partial charge in [0.05, 0.1) is 24.1 Å². The molecule has 140 valence electrons. The molecule has 0 bridgehead atoms. The molecule has 7 nitrogen and oxygen atoms in total. The van der Waals surface area contributed by atoms with Gasteiger partial charge in [-0.1, -0.05) is 13.8 Å². The molecule has 1 aromatic carbocycles. The van der Waals surface area contributed by atoms with Crippen molar-refractivity contribution in [3.63, 3.8) is 0 Å². The minimum absolute atomic E-state index is 0.0293. The first-order valence-corrected chi connectivity index (χ1v) is 10.0. The molecule has 25 heavy (non-hydrogen) atoms. The third kappa shape index (κ3) is 7.13. The molecule has 0 aliphatic heterocycles. The summed E-state index contributed by atoms with van der Waals surface area (Å²) in [6, 6.07) is 6.06. The number of anilines is 1. The summed E-state index contributed by atoms with van der Waals surface area (Å²) in [5.74, 6) is -0.344. The van der Waals surface area contributed by atoms with Crippen LogP contribution >= 0.6 is 0 Å². The van der Waals surface area contributed by atoms with Gasteiger partial charge in [-0.3, -0.25) is 9.10 Å². The summed E-state index contributed by atoms with van der Waals surface area (Å²) in [6.07, 6.45) is 1.14. The minimum atomic E-state index is -3.55. The predicted octanol–water partition coefficient (Wildman–Crippen LogP) is 1.79. The van der Waals surface area contributed by atoms with Crippen LogP contribution in [0.5, 0.6) is 0 Å². The number of hydrogen-bond acceptors (Lipinski definition) is 5. The lowest BCUT2D eigenvalue weighted by molar-refractivity contribution is -0.121. The lowest BCUT2D eigenvalue weighted by Crippen LogP contribution is -2.35. The number of amides is 1. The second-order valence-electron chi connectivity index (χ2n) is 6.05. The van der Waals surface area contributed by atoms with Gasteiger partial charge in [0.15, 0.2) is 0 Å². The summed E-state index contributed by atoms with van der Waals surface area (Å²) in [6.45, 7) is 6.51. The van der Waals surface area contributed by atoms with Gasteiger partial charge in [-0.15, -0.1) is 0 Å². The Kier molecular flexibility index (Phi) is 7.89. The van der Waals surface area contributed by atoms with Crippen LogP contribution in [0.3, 0.4) is 0 Å². The summed E-state index contributed by atoms with van der Waals surface area (Å²) in [5.41, 5.74) is 0.737. The van der Waals surface area contributed by atoms with E-state index in [-0.39, 0.29) is 25.5 Å². The maximum absolute atomic E-state index is 12.0. The summed E-state index contributed by atoms with van der Waals surface area (Å²) in [5, 5.41) is 2.76. The van der Waals surface area contributed by atoms with Crippen LogP contribution in [-0.2, 0) is 19.6 Å². The second kappa shape index (κ2) is 9.41. The van der Waals surface area contributed by atoms with Gasteiger partial charge in [-0.05, 0) is 37.1 Å². The van der Waals surface area contributed by atoms with Crippen molar-refractivity contribution in [2.45, 2.75) is 27.2 Å². The van der Waals surface area contributed by atoms with Gasteiger partial charge in [-0.25, -0.2) is 13.2 Å². The van der Waals surface area contributed by atoms with Crippen molar-refractivity contribution in [3.05, 3.63) is 29.8 Å². The molecule has 0 spiro atoms. The van der Waals surface area contributed by atoms with Gasteiger partial charge < -0.3 is 10.1 Å². The van der Waals surface area contributed by atoms with E-state index in [1.165, 1.54) is 24.3 Å². The number of esters is 1. The quantitative estimate of drug-likeness (QED) is 0.669. The van der Waals surface area contributed by atoms with Crippen molar-refractivity contribution in [2.75, 3.05) is 30.3 Å². The monoisotopic (exact) mass is 370 g/mol. The molecule has 1 aromatic rings. The zero-order valence-corrected chi connectivity index (χ0v) is 15.9. The number of nitrogens with one attached hydrogen (secondary N) is 1. The molecule has 1 amide bonds. The zero-order chi connectivity index (χ0) is 19.0. The lowest BCUT2D eigenvalue weighted by atomic mass is 10.2. The SMILES string of the molecule is CCOC(=O)c1ccc(N(CCC(=O)NCC(C)C)S(C)(=O)=O)cc1.